The van der Waals surface area contributed by atoms with Gasteiger partial charge in [-0.15, -0.1) is 0 Å². The fourth-order valence-electron chi connectivity index (χ4n) is 1.29. The number of rotatable bonds is 4. The SMILES string of the molecule is CCP(=O)(Cl)c1cccc([N+](=O)[O-])c1[N+](=O)[O-]. The maximum atomic E-state index is 11.9. The van der Waals surface area contributed by atoms with Crippen molar-refractivity contribution >= 4 is 34.4 Å². The first kappa shape index (κ1) is 13.6. The van der Waals surface area contributed by atoms with Crippen LogP contribution in [0.5, 0.6) is 0 Å². The van der Waals surface area contributed by atoms with Crippen LogP contribution < -0.4 is 5.30 Å². The first-order chi connectivity index (χ1) is 7.81. The Balaban J connectivity index is 3.63. The molecule has 17 heavy (non-hydrogen) atoms. The molecule has 9 heteroatoms. The molecule has 0 fully saturated rings. The lowest BCUT2D eigenvalue weighted by Gasteiger charge is -2.08. The van der Waals surface area contributed by atoms with Crippen molar-refractivity contribution in [1.29, 1.82) is 0 Å². The largest absolute Gasteiger partial charge is 0.357 e. The van der Waals surface area contributed by atoms with Gasteiger partial charge in [-0.1, -0.05) is 13.0 Å². The van der Waals surface area contributed by atoms with E-state index in [1.807, 2.05) is 0 Å². The van der Waals surface area contributed by atoms with Crippen LogP contribution in [-0.2, 0) is 4.57 Å². The second-order valence-electron chi connectivity index (χ2n) is 3.13. The summed E-state index contributed by atoms with van der Waals surface area (Å²) in [5, 5.41) is 21.2. The molecule has 1 rings (SSSR count). The summed E-state index contributed by atoms with van der Waals surface area (Å²) >= 11 is 5.70. The molecule has 0 aliphatic heterocycles. The summed E-state index contributed by atoms with van der Waals surface area (Å²) in [6.07, 6.45) is -0.0173. The van der Waals surface area contributed by atoms with Crippen molar-refractivity contribution in [2.45, 2.75) is 6.92 Å². The Morgan fingerprint density at radius 3 is 2.29 bits per heavy atom. The number of nitro benzene ring substituents is 2. The summed E-state index contributed by atoms with van der Waals surface area (Å²) in [5.74, 6) is 0. The monoisotopic (exact) mass is 278 g/mol. The highest BCUT2D eigenvalue weighted by Crippen LogP contribution is 2.52. The Kier molecular flexibility index (Phi) is 3.85. The van der Waals surface area contributed by atoms with E-state index in [0.29, 0.717) is 0 Å². The van der Waals surface area contributed by atoms with Gasteiger partial charge in [-0.25, -0.2) is 0 Å². The number of benzene rings is 1. The average Bonchev–Trinajstić information content (AvgIpc) is 2.27. The van der Waals surface area contributed by atoms with E-state index in [4.69, 9.17) is 11.2 Å². The number of hydrogen-bond acceptors (Lipinski definition) is 5. The molecule has 0 aliphatic carbocycles. The summed E-state index contributed by atoms with van der Waals surface area (Å²) in [4.78, 5) is 19.7. The summed E-state index contributed by atoms with van der Waals surface area (Å²) in [6, 6.07) is 3.39. The molecule has 0 heterocycles. The van der Waals surface area contributed by atoms with Gasteiger partial charge in [0.15, 0.2) is 0 Å². The third-order valence-corrected chi connectivity index (χ3v) is 5.30. The molecule has 0 amide bonds. The van der Waals surface area contributed by atoms with Crippen LogP contribution >= 0.6 is 17.7 Å². The molecule has 0 aliphatic rings. The standard InChI is InChI=1S/C8H8ClN2O5P/c1-2-17(9,16)7-5-3-4-6(10(12)13)8(7)11(14)15/h3-5H,2H2,1H3. The normalized spacial score (nSPS) is 14.0. The molecule has 1 aromatic rings. The minimum absolute atomic E-state index is 0.0173. The van der Waals surface area contributed by atoms with Crippen LogP contribution in [0.2, 0.25) is 0 Å². The van der Waals surface area contributed by atoms with Gasteiger partial charge in [-0.2, -0.15) is 0 Å². The van der Waals surface area contributed by atoms with Crippen molar-refractivity contribution in [3.05, 3.63) is 38.4 Å². The highest BCUT2D eigenvalue weighted by molar-refractivity contribution is 7.95. The molecule has 0 N–H and O–H groups in total. The molecule has 1 atom stereocenters. The number of hydrogen-bond donors (Lipinski definition) is 0. The topological polar surface area (TPSA) is 103 Å². The van der Waals surface area contributed by atoms with Gasteiger partial charge in [0.05, 0.1) is 9.85 Å². The zero-order valence-electron chi connectivity index (χ0n) is 8.70. The maximum absolute atomic E-state index is 11.9. The summed E-state index contributed by atoms with van der Waals surface area (Å²) in [6.45, 7) is -1.96. The number of nitrogens with zero attached hydrogens (tertiary/aromatic N) is 2. The van der Waals surface area contributed by atoms with E-state index in [0.717, 1.165) is 6.07 Å². The van der Waals surface area contributed by atoms with Gasteiger partial charge < -0.3 is 4.57 Å². The highest BCUT2D eigenvalue weighted by Gasteiger charge is 2.35. The first-order valence-electron chi connectivity index (χ1n) is 4.52. The Bertz CT molecular complexity index is 533. The fourth-order valence-corrected chi connectivity index (χ4v) is 2.86. The van der Waals surface area contributed by atoms with Crippen molar-refractivity contribution in [2.24, 2.45) is 0 Å². The zero-order valence-corrected chi connectivity index (χ0v) is 10.4. The zero-order chi connectivity index (χ0) is 13.2. The molecule has 0 aromatic heterocycles. The van der Waals surface area contributed by atoms with Gasteiger partial charge in [0.1, 0.15) is 5.30 Å². The summed E-state index contributed by atoms with van der Waals surface area (Å²) in [5.41, 5.74) is -1.50. The Hall–Kier alpha value is -1.46. The predicted molar refractivity (Wildman–Crippen MR) is 63.4 cm³/mol. The minimum atomic E-state index is -3.46. The minimum Gasteiger partial charge on any atom is -0.301 e. The van der Waals surface area contributed by atoms with Crippen LogP contribution in [0, 0.1) is 20.2 Å². The molecule has 0 radical (unpaired) electrons. The van der Waals surface area contributed by atoms with Crippen molar-refractivity contribution in [1.82, 2.24) is 0 Å². The van der Waals surface area contributed by atoms with Crippen LogP contribution in [-0.4, -0.2) is 16.0 Å². The van der Waals surface area contributed by atoms with Crippen LogP contribution in [0.25, 0.3) is 0 Å². The molecule has 0 bridgehead atoms. The lowest BCUT2D eigenvalue weighted by molar-refractivity contribution is -0.421. The van der Waals surface area contributed by atoms with Crippen LogP contribution in [0.15, 0.2) is 18.2 Å². The van der Waals surface area contributed by atoms with E-state index in [1.165, 1.54) is 19.1 Å². The van der Waals surface area contributed by atoms with E-state index in [9.17, 15) is 24.8 Å². The molecule has 1 aromatic carbocycles. The number of para-hydroxylation sites is 1. The lowest BCUT2D eigenvalue weighted by Crippen LogP contribution is -2.11. The van der Waals surface area contributed by atoms with Crippen LogP contribution in [0.1, 0.15) is 6.92 Å². The van der Waals surface area contributed by atoms with E-state index in [-0.39, 0.29) is 11.5 Å². The molecule has 0 spiro atoms. The van der Waals surface area contributed by atoms with Gasteiger partial charge >= 0.3 is 11.4 Å². The fraction of sp³-hybridized carbons (Fsp3) is 0.250. The Morgan fingerprint density at radius 1 is 1.29 bits per heavy atom. The van der Waals surface area contributed by atoms with Gasteiger partial charge in [0.2, 0.25) is 6.49 Å². The summed E-state index contributed by atoms with van der Waals surface area (Å²) < 4.78 is 11.9. The van der Waals surface area contributed by atoms with E-state index >= 15 is 0 Å². The smallest absolute Gasteiger partial charge is 0.301 e. The molecular formula is C8H8ClN2O5P. The van der Waals surface area contributed by atoms with Crippen molar-refractivity contribution in [2.75, 3.05) is 6.16 Å². The first-order valence-corrected chi connectivity index (χ1v) is 7.32. The van der Waals surface area contributed by atoms with Crippen molar-refractivity contribution < 1.29 is 14.4 Å². The average molecular weight is 279 g/mol. The van der Waals surface area contributed by atoms with Gasteiger partial charge in [-0.05, 0) is 17.3 Å². The third kappa shape index (κ3) is 2.62. The Morgan fingerprint density at radius 2 is 1.88 bits per heavy atom. The van der Waals surface area contributed by atoms with Gasteiger partial charge in [0, 0.05) is 12.2 Å². The summed E-state index contributed by atoms with van der Waals surface area (Å²) in [7, 11) is 0. The van der Waals surface area contributed by atoms with E-state index < -0.39 is 27.7 Å². The van der Waals surface area contributed by atoms with Crippen LogP contribution in [0.3, 0.4) is 0 Å². The quantitative estimate of drug-likeness (QED) is 0.478. The number of halogens is 1. The second kappa shape index (κ2) is 4.81. The van der Waals surface area contributed by atoms with Gasteiger partial charge in [-0.3, -0.25) is 20.2 Å². The number of nitro groups is 2. The lowest BCUT2D eigenvalue weighted by atomic mass is 10.3. The van der Waals surface area contributed by atoms with E-state index in [2.05, 4.69) is 0 Å². The third-order valence-electron chi connectivity index (χ3n) is 2.14. The highest BCUT2D eigenvalue weighted by atomic mass is 35.7. The molecule has 0 saturated carbocycles. The Labute approximate surface area is 101 Å². The van der Waals surface area contributed by atoms with Crippen molar-refractivity contribution in [3.63, 3.8) is 0 Å². The molecular weight excluding hydrogens is 271 g/mol. The van der Waals surface area contributed by atoms with Crippen molar-refractivity contribution in [3.8, 4) is 0 Å². The molecule has 1 unspecified atom stereocenters. The van der Waals surface area contributed by atoms with E-state index in [1.54, 1.807) is 0 Å². The van der Waals surface area contributed by atoms with Gasteiger partial charge in [0.25, 0.3) is 0 Å². The predicted octanol–water partition coefficient (Wildman–Crippen LogP) is 2.67. The molecule has 0 saturated heterocycles. The van der Waals surface area contributed by atoms with Crippen LogP contribution in [0.4, 0.5) is 11.4 Å². The molecule has 92 valence electrons. The molecule has 7 nitrogen and oxygen atoms in total. The second-order valence-corrected chi connectivity index (χ2v) is 7.18. The maximum Gasteiger partial charge on any atom is 0.357 e.